The van der Waals surface area contributed by atoms with Crippen LogP contribution in [0.3, 0.4) is 0 Å². The largest absolute Gasteiger partial charge is 0.370 e. The first-order valence-electron chi connectivity index (χ1n) is 10.5. The van der Waals surface area contributed by atoms with E-state index in [1.165, 1.54) is 4.31 Å². The average molecular weight is 471 g/mol. The van der Waals surface area contributed by atoms with Gasteiger partial charge in [-0.05, 0) is 75.0 Å². The van der Waals surface area contributed by atoms with Crippen molar-refractivity contribution < 1.29 is 13.2 Å². The summed E-state index contributed by atoms with van der Waals surface area (Å²) in [5.74, 6) is -0.825. The quantitative estimate of drug-likeness (QED) is 0.279. The third kappa shape index (κ3) is 6.19. The molecular weight excluding hydrogens is 440 g/mol. The minimum atomic E-state index is -3.55. The van der Waals surface area contributed by atoms with E-state index in [9.17, 15) is 13.2 Å². The lowest BCUT2D eigenvalue weighted by Gasteiger charge is -2.24. The van der Waals surface area contributed by atoms with Crippen LogP contribution in [0.2, 0.25) is 0 Å². The van der Waals surface area contributed by atoms with Gasteiger partial charge < -0.3 is 16.0 Å². The molecule has 0 saturated carbocycles. The molecule has 1 heterocycles. The second kappa shape index (κ2) is 10.2. The monoisotopic (exact) mass is 470 g/mol. The molecule has 176 valence electrons. The summed E-state index contributed by atoms with van der Waals surface area (Å²) in [5, 5.41) is 12.6. The van der Waals surface area contributed by atoms with Crippen LogP contribution in [0.4, 0.5) is 11.4 Å². The van der Waals surface area contributed by atoms with Gasteiger partial charge in [0.1, 0.15) is 0 Å². The maximum atomic E-state index is 13.0. The standard InChI is InChI=1S/C23H30N6O3S/c1-16(22(30)27-23(24)25)14-17-4-6-18(7-5-17)26-19-8-10-21(11-9-19)33(31,32)29(3)20-12-13-28(2)15-20/h4-11,14,20,26H,12-13,15H2,1-3H3,(H4,24,25,27,30)/b16-14+. The number of hydrogen-bond acceptors (Lipinski definition) is 6. The van der Waals surface area contributed by atoms with Crippen molar-refractivity contribution in [1.29, 1.82) is 5.41 Å². The fourth-order valence-corrected chi connectivity index (χ4v) is 5.02. The number of anilines is 2. The van der Waals surface area contributed by atoms with Crippen molar-refractivity contribution in [1.82, 2.24) is 14.5 Å². The summed E-state index contributed by atoms with van der Waals surface area (Å²) < 4.78 is 27.4. The molecule has 0 aliphatic carbocycles. The maximum Gasteiger partial charge on any atom is 0.253 e. The zero-order chi connectivity index (χ0) is 24.2. The van der Waals surface area contributed by atoms with Crippen molar-refractivity contribution in [2.45, 2.75) is 24.3 Å². The van der Waals surface area contributed by atoms with Gasteiger partial charge in [0.25, 0.3) is 5.91 Å². The van der Waals surface area contributed by atoms with Crippen molar-refractivity contribution in [3.63, 3.8) is 0 Å². The Kier molecular flexibility index (Phi) is 7.52. The Bertz CT molecular complexity index is 1140. The molecule has 1 aliphatic rings. The summed E-state index contributed by atoms with van der Waals surface area (Å²) in [6, 6.07) is 14.1. The highest BCUT2D eigenvalue weighted by Crippen LogP contribution is 2.24. The van der Waals surface area contributed by atoms with Gasteiger partial charge in [-0.25, -0.2) is 8.42 Å². The van der Waals surface area contributed by atoms with Gasteiger partial charge in [0, 0.05) is 36.6 Å². The van der Waals surface area contributed by atoms with Gasteiger partial charge >= 0.3 is 0 Å². The van der Waals surface area contributed by atoms with Crippen molar-refractivity contribution in [3.8, 4) is 0 Å². The molecule has 1 atom stereocenters. The van der Waals surface area contributed by atoms with Gasteiger partial charge in [0.2, 0.25) is 10.0 Å². The molecule has 1 unspecified atom stereocenters. The van der Waals surface area contributed by atoms with Crippen molar-refractivity contribution in [3.05, 3.63) is 59.7 Å². The lowest BCUT2D eigenvalue weighted by atomic mass is 10.1. The number of likely N-dealkylation sites (tertiary alicyclic amines) is 1. The van der Waals surface area contributed by atoms with E-state index in [-0.39, 0.29) is 10.9 Å². The van der Waals surface area contributed by atoms with Gasteiger partial charge in [0.15, 0.2) is 5.96 Å². The number of amides is 1. The van der Waals surface area contributed by atoms with Crippen LogP contribution in [0, 0.1) is 5.41 Å². The van der Waals surface area contributed by atoms with Crippen LogP contribution in [-0.4, -0.2) is 62.7 Å². The predicted molar refractivity (Wildman–Crippen MR) is 131 cm³/mol. The topological polar surface area (TPSA) is 132 Å². The van der Waals surface area contributed by atoms with Crippen molar-refractivity contribution in [2.75, 3.05) is 32.5 Å². The van der Waals surface area contributed by atoms with E-state index in [2.05, 4.69) is 15.5 Å². The Labute approximate surface area is 194 Å². The number of nitrogens with zero attached hydrogens (tertiary/aromatic N) is 2. The van der Waals surface area contributed by atoms with Gasteiger partial charge in [-0.1, -0.05) is 12.1 Å². The van der Waals surface area contributed by atoms with Gasteiger partial charge in [0.05, 0.1) is 4.90 Å². The number of hydrogen-bond donors (Lipinski definition) is 4. The van der Waals surface area contributed by atoms with E-state index < -0.39 is 21.9 Å². The summed E-state index contributed by atoms with van der Waals surface area (Å²) in [6.07, 6.45) is 2.53. The predicted octanol–water partition coefficient (Wildman–Crippen LogP) is 2.17. The number of sulfonamides is 1. The molecule has 1 saturated heterocycles. The van der Waals surface area contributed by atoms with E-state index in [0.717, 1.165) is 36.4 Å². The van der Waals surface area contributed by atoms with Gasteiger partial charge in [-0.15, -0.1) is 0 Å². The molecule has 1 fully saturated rings. The number of likely N-dealkylation sites (N-methyl/N-ethyl adjacent to an activating group) is 2. The summed E-state index contributed by atoms with van der Waals surface area (Å²) in [5.41, 5.74) is 8.00. The Hall–Kier alpha value is -3.21. The van der Waals surface area contributed by atoms with Crippen LogP contribution in [0.15, 0.2) is 59.0 Å². The number of rotatable bonds is 7. The number of carbonyl (C=O) groups is 1. The molecule has 2 aromatic carbocycles. The summed E-state index contributed by atoms with van der Waals surface area (Å²) >= 11 is 0. The van der Waals surface area contributed by atoms with E-state index >= 15 is 0 Å². The molecule has 0 radical (unpaired) electrons. The van der Waals surface area contributed by atoms with E-state index in [1.54, 1.807) is 44.3 Å². The molecule has 0 spiro atoms. The van der Waals surface area contributed by atoms with Crippen molar-refractivity contribution in [2.24, 2.45) is 5.73 Å². The molecular formula is C23H30N6O3S. The smallest absolute Gasteiger partial charge is 0.253 e. The third-order valence-electron chi connectivity index (χ3n) is 5.60. The lowest BCUT2D eigenvalue weighted by Crippen LogP contribution is -2.38. The number of guanidine groups is 1. The number of nitrogens with one attached hydrogen (secondary N) is 3. The van der Waals surface area contributed by atoms with Crippen LogP contribution in [-0.2, 0) is 14.8 Å². The molecule has 0 aromatic heterocycles. The molecule has 1 amide bonds. The first-order chi connectivity index (χ1) is 15.6. The number of nitrogens with two attached hydrogens (primary N) is 1. The second-order valence-corrected chi connectivity index (χ2v) is 10.2. The van der Waals surface area contributed by atoms with Gasteiger partial charge in [-0.3, -0.25) is 15.5 Å². The number of benzene rings is 2. The van der Waals surface area contributed by atoms with E-state index in [1.807, 2.05) is 31.3 Å². The van der Waals surface area contributed by atoms with Crippen LogP contribution in [0.25, 0.3) is 6.08 Å². The fraction of sp³-hybridized carbons (Fsp3) is 0.304. The SMILES string of the molecule is C/C(=C\c1ccc(Nc2ccc(S(=O)(=O)N(C)C3CCN(C)C3)cc2)cc1)C(=O)NC(=N)N. The molecule has 33 heavy (non-hydrogen) atoms. The minimum Gasteiger partial charge on any atom is -0.370 e. The second-order valence-electron chi connectivity index (χ2n) is 8.19. The first kappa shape index (κ1) is 24.4. The normalized spacial score (nSPS) is 17.2. The Morgan fingerprint density at radius 3 is 2.24 bits per heavy atom. The molecule has 5 N–H and O–H groups in total. The zero-order valence-electron chi connectivity index (χ0n) is 19.0. The Morgan fingerprint density at radius 2 is 1.73 bits per heavy atom. The summed E-state index contributed by atoms with van der Waals surface area (Å²) in [7, 11) is 0.0932. The summed E-state index contributed by atoms with van der Waals surface area (Å²) in [4.78, 5) is 14.2. The van der Waals surface area contributed by atoms with Crippen LogP contribution < -0.4 is 16.4 Å². The van der Waals surface area contributed by atoms with Crippen LogP contribution >= 0.6 is 0 Å². The fourth-order valence-electron chi connectivity index (χ4n) is 3.65. The number of carbonyl (C=O) groups excluding carboxylic acids is 1. The van der Waals surface area contributed by atoms with E-state index in [4.69, 9.17) is 11.1 Å². The molecule has 3 rings (SSSR count). The van der Waals surface area contributed by atoms with E-state index in [0.29, 0.717) is 5.57 Å². The Balaban J connectivity index is 1.65. The van der Waals surface area contributed by atoms with Crippen LogP contribution in [0.1, 0.15) is 18.9 Å². The average Bonchev–Trinajstić information content (AvgIpc) is 3.20. The molecule has 0 bridgehead atoms. The van der Waals surface area contributed by atoms with Crippen molar-refractivity contribution >= 4 is 39.3 Å². The maximum absolute atomic E-state index is 13.0. The Morgan fingerprint density at radius 1 is 1.15 bits per heavy atom. The highest BCUT2D eigenvalue weighted by atomic mass is 32.2. The molecule has 10 heteroatoms. The highest BCUT2D eigenvalue weighted by molar-refractivity contribution is 7.89. The molecule has 2 aromatic rings. The molecule has 9 nitrogen and oxygen atoms in total. The minimum absolute atomic E-state index is 0.0115. The zero-order valence-corrected chi connectivity index (χ0v) is 19.8. The highest BCUT2D eigenvalue weighted by Gasteiger charge is 2.31. The molecule has 1 aliphatic heterocycles. The van der Waals surface area contributed by atoms with Crippen LogP contribution in [0.5, 0.6) is 0 Å². The summed E-state index contributed by atoms with van der Waals surface area (Å²) in [6.45, 7) is 3.27. The third-order valence-corrected chi connectivity index (χ3v) is 7.53. The first-order valence-corrected chi connectivity index (χ1v) is 12.0. The van der Waals surface area contributed by atoms with Gasteiger partial charge in [-0.2, -0.15) is 4.31 Å². The lowest BCUT2D eigenvalue weighted by molar-refractivity contribution is -0.116.